The number of hydrogen-bond donors (Lipinski definition) is 3. The molecule has 6 atom stereocenters. The van der Waals surface area contributed by atoms with E-state index in [0.29, 0.717) is 66.0 Å². The summed E-state index contributed by atoms with van der Waals surface area (Å²) >= 11 is 0. The van der Waals surface area contributed by atoms with Gasteiger partial charge < -0.3 is 48.9 Å². The maximum Gasteiger partial charge on any atom is 0.393 e. The van der Waals surface area contributed by atoms with Crippen LogP contribution in [0, 0.1) is 17.8 Å². The van der Waals surface area contributed by atoms with Gasteiger partial charge in [0.2, 0.25) is 0 Å². The number of fused-ring (bicyclic) bond motifs is 12. The Hall–Kier alpha value is -10.1. The summed E-state index contributed by atoms with van der Waals surface area (Å²) < 4.78 is 50.9. The van der Waals surface area contributed by atoms with Gasteiger partial charge in [-0.05, 0) is 142 Å². The highest BCUT2D eigenvalue weighted by molar-refractivity contribution is 6.07. The average molecular weight is 1320 g/mol. The molecule has 9 aliphatic rings. The number of nitrogens with one attached hydrogen (secondary N) is 3. The number of carbonyl (C=O) groups is 3. The third-order valence-electron chi connectivity index (χ3n) is 20.2. The zero-order valence-corrected chi connectivity index (χ0v) is 54.4. The summed E-state index contributed by atoms with van der Waals surface area (Å²) in [5.74, 6) is 6.22. The Morgan fingerprint density at radius 2 is 0.897 bits per heavy atom. The molecule has 0 radical (unpaired) electrons. The third kappa shape index (κ3) is 13.2. The lowest BCUT2D eigenvalue weighted by Gasteiger charge is -2.38. The van der Waals surface area contributed by atoms with Gasteiger partial charge in [0, 0.05) is 107 Å². The summed E-state index contributed by atoms with van der Waals surface area (Å²) in [7, 11) is 0. The molecule has 2 unspecified atom stereocenters. The molecule has 6 fully saturated rings. The van der Waals surface area contributed by atoms with Crippen LogP contribution in [0.4, 0.5) is 96.7 Å². The third-order valence-corrected chi connectivity index (χ3v) is 20.2. The van der Waals surface area contributed by atoms with Crippen LogP contribution in [0.25, 0.3) is 22.6 Å². The molecule has 9 aliphatic heterocycles. The van der Waals surface area contributed by atoms with Crippen molar-refractivity contribution in [1.29, 1.82) is 0 Å². The summed E-state index contributed by atoms with van der Waals surface area (Å²) in [6.07, 6.45) is 11.7. The van der Waals surface area contributed by atoms with Crippen molar-refractivity contribution in [2.24, 2.45) is 17.8 Å². The highest BCUT2D eigenvalue weighted by Crippen LogP contribution is 2.45. The summed E-state index contributed by atoms with van der Waals surface area (Å²) in [4.78, 5) is 85.9. The number of carbonyl (C=O) groups excluding carboxylic acids is 3. The van der Waals surface area contributed by atoms with E-state index >= 15 is 0 Å². The molecule has 3 N–H and O–H groups in total. The minimum absolute atomic E-state index is 0.0676. The first-order valence-electron chi connectivity index (χ1n) is 34.0. The van der Waals surface area contributed by atoms with Crippen LogP contribution in [0.3, 0.4) is 0 Å². The van der Waals surface area contributed by atoms with Crippen molar-refractivity contribution < 1.29 is 36.4 Å². The number of halogens is 3. The number of amides is 6. The van der Waals surface area contributed by atoms with Crippen molar-refractivity contribution >= 4 is 87.3 Å². The van der Waals surface area contributed by atoms with E-state index in [0.717, 1.165) is 135 Å². The average Bonchev–Trinajstić information content (AvgIpc) is 1.70. The molecule has 6 saturated heterocycles. The smallest absolute Gasteiger partial charge is 0.393 e. The molecule has 504 valence electrons. The fourth-order valence-corrected chi connectivity index (χ4v) is 15.4. The van der Waals surface area contributed by atoms with Gasteiger partial charge in [-0.1, -0.05) is 44.2 Å². The highest BCUT2D eigenvalue weighted by Gasteiger charge is 2.46. The lowest BCUT2D eigenvalue weighted by Crippen LogP contribution is -2.48. The maximum absolute atomic E-state index is 13.6. The number of oxazole rings is 2. The van der Waals surface area contributed by atoms with E-state index in [4.69, 9.17) is 23.8 Å². The minimum atomic E-state index is -4.23. The van der Waals surface area contributed by atoms with Crippen molar-refractivity contribution in [3.8, 4) is 22.6 Å². The van der Waals surface area contributed by atoms with Crippen LogP contribution in [0.5, 0.6) is 0 Å². The molecule has 15 heterocycles. The van der Waals surface area contributed by atoms with E-state index in [1.807, 2.05) is 70.5 Å². The van der Waals surface area contributed by atoms with Gasteiger partial charge in [0.25, 0.3) is 0 Å². The Labute approximate surface area is 560 Å². The number of nitrogens with zero attached hydrogens (tertiary/aromatic N) is 15. The van der Waals surface area contributed by atoms with Gasteiger partial charge in [-0.2, -0.15) is 13.2 Å². The first-order valence-corrected chi connectivity index (χ1v) is 34.0. The van der Waals surface area contributed by atoms with Crippen LogP contribution in [0.1, 0.15) is 71.6 Å². The zero-order chi connectivity index (χ0) is 66.3. The largest absolute Gasteiger partial charge is 0.444 e. The van der Waals surface area contributed by atoms with Gasteiger partial charge in [0.05, 0.1) is 53.5 Å². The molecule has 6 aromatic heterocycles. The Balaban J connectivity index is 0.000000120. The normalized spacial score (nSPS) is 22.2. The number of urea groups is 3. The second kappa shape index (κ2) is 26.8. The summed E-state index contributed by atoms with van der Waals surface area (Å²) in [6, 6.07) is 32.2. The first-order chi connectivity index (χ1) is 47.2. The molecule has 0 saturated carbocycles. The van der Waals surface area contributed by atoms with Crippen molar-refractivity contribution in [3.63, 3.8) is 0 Å². The molecule has 17 rings (SSSR count). The maximum atomic E-state index is 13.6. The highest BCUT2D eigenvalue weighted by atomic mass is 19.4. The van der Waals surface area contributed by atoms with Gasteiger partial charge >= 0.3 is 24.3 Å². The molecule has 8 aromatic rings. The van der Waals surface area contributed by atoms with Gasteiger partial charge in [0.1, 0.15) is 23.3 Å². The topological polar surface area (TPSA) is 220 Å². The van der Waals surface area contributed by atoms with Crippen LogP contribution in [0.15, 0.2) is 143 Å². The zero-order valence-electron chi connectivity index (χ0n) is 54.4. The molecule has 2 aromatic carbocycles. The second-order valence-electron chi connectivity index (χ2n) is 26.9. The van der Waals surface area contributed by atoms with E-state index in [9.17, 15) is 27.6 Å². The Morgan fingerprint density at radius 3 is 1.30 bits per heavy atom. The minimum Gasteiger partial charge on any atom is -0.444 e. The molecule has 26 heteroatoms. The number of alkyl halides is 3. The van der Waals surface area contributed by atoms with Crippen LogP contribution in [-0.4, -0.2) is 151 Å². The number of pyridine rings is 4. The summed E-state index contributed by atoms with van der Waals surface area (Å²) in [5, 5.41) is 9.01. The fraction of sp³-hybridized carbons (Fsp3) is 0.423. The first kappa shape index (κ1) is 62.9. The summed E-state index contributed by atoms with van der Waals surface area (Å²) in [5.41, 5.74) is 5.88. The molecule has 23 nitrogen and oxygen atoms in total. The number of piperidine rings is 3. The predicted molar refractivity (Wildman–Crippen MR) is 369 cm³/mol. The quantitative estimate of drug-likeness (QED) is 0.129. The second-order valence-corrected chi connectivity index (χ2v) is 26.9. The molecule has 0 aliphatic carbocycles. The summed E-state index contributed by atoms with van der Waals surface area (Å²) in [6.45, 7) is 14.2. The molecule has 6 amide bonds. The Bertz CT molecular complexity index is 4130. The van der Waals surface area contributed by atoms with Crippen molar-refractivity contribution in [2.45, 2.75) is 95.9 Å². The Morgan fingerprint density at radius 1 is 0.464 bits per heavy atom. The number of benzene rings is 2. The van der Waals surface area contributed by atoms with E-state index < -0.39 is 12.1 Å². The van der Waals surface area contributed by atoms with Crippen molar-refractivity contribution in [1.82, 2.24) is 29.9 Å². The van der Waals surface area contributed by atoms with Crippen molar-refractivity contribution in [2.75, 3.05) is 139 Å². The van der Waals surface area contributed by atoms with E-state index in [2.05, 4.69) is 93.5 Å². The fourth-order valence-electron chi connectivity index (χ4n) is 15.4. The van der Waals surface area contributed by atoms with Gasteiger partial charge in [-0.15, -0.1) is 0 Å². The molecule has 97 heavy (non-hydrogen) atoms. The molecular weight excluding hydrogens is 1240 g/mol. The molecule has 0 spiro atoms. The molecular formula is C71H79F3N18O5. The molecule has 6 bridgehead atoms. The van der Waals surface area contributed by atoms with Crippen LogP contribution >= 0.6 is 0 Å². The van der Waals surface area contributed by atoms with E-state index in [1.165, 1.54) is 38.5 Å². The predicted octanol–water partition coefficient (Wildman–Crippen LogP) is 13.1. The number of rotatable bonds is 8. The monoisotopic (exact) mass is 1320 g/mol. The van der Waals surface area contributed by atoms with Crippen molar-refractivity contribution in [3.05, 3.63) is 135 Å². The van der Waals surface area contributed by atoms with Crippen LogP contribution < -0.4 is 60.0 Å². The number of anilines is 12. The lowest BCUT2D eigenvalue weighted by molar-refractivity contribution is -0.176. The van der Waals surface area contributed by atoms with E-state index in [-0.39, 0.29) is 49.2 Å². The van der Waals surface area contributed by atoms with Gasteiger partial charge in [0.15, 0.2) is 41.8 Å². The van der Waals surface area contributed by atoms with Gasteiger partial charge in [-0.25, -0.2) is 44.3 Å². The van der Waals surface area contributed by atoms with Crippen LogP contribution in [-0.2, 0) is 0 Å². The number of aromatic nitrogens is 6. The SMILES string of the molecule is CC1CCCN(c2ccc3c(n2)N(C(=O)Nc2ccccn2)[C@H]2CCN3C2)C1.C[C@@H]1CCCN(c2ccc3c(n2)N(C(=O)Nc2cccc(-c4cnco4)c2)[C@H]2CCN3C2)C1.O=C(Nc1cccc(-c2cnco2)c1)N1c2nc(N3CCCC(C(F)(F)F)C3)ccc2N2CC[C@H]1C2. The standard InChI is InChI=1S/C25H25F3N6O2.C25H28N6O2.C21H26N6O/c26-25(27,28)17-4-2-9-33(13-17)22-7-6-20-23(31-22)34(19-8-10-32(20)14-19)24(35)30-18-5-1-3-16(11-18)21-12-29-15-36-21;1-17-4-3-10-30(14-17)23-8-7-21-24(28-23)31(20-9-11-29(21)15-20)25(32)27-19-6-2-5-18(12-19)22-13-26-16-33-22;1-15-5-4-11-26(13-15)19-8-7-17-20(24-19)27(16-9-12-25(17)14-16)21(28)23-18-6-2-3-10-22-18/h1,3,5-7,11-12,15,17,19H,2,4,8-10,13-14H2,(H,30,35);2,5-8,12-13,16-17,20H,3-4,9-11,14-15H2,1H3,(H,27,32);2-3,6-8,10,15-16H,4-5,9,11-14H2,1H3,(H,22,23,28)/t17?,19-;17-,20+;15?,16-/m010/s1. The Kier molecular flexibility index (Phi) is 17.4. The van der Waals surface area contributed by atoms with Crippen LogP contribution in [0.2, 0.25) is 0 Å². The lowest BCUT2D eigenvalue weighted by atomic mass is 9.97. The van der Waals surface area contributed by atoms with E-state index in [1.54, 1.807) is 46.6 Å². The van der Waals surface area contributed by atoms with Gasteiger partial charge in [-0.3, -0.25) is 20.0 Å². The number of hydrogen-bond acceptors (Lipinski definition) is 17.